The van der Waals surface area contributed by atoms with E-state index in [2.05, 4.69) is 5.32 Å². The second-order valence-corrected chi connectivity index (χ2v) is 3.28. The Balaban J connectivity index is 2.40. The van der Waals surface area contributed by atoms with Gasteiger partial charge in [0.05, 0.1) is 6.54 Å². The Morgan fingerprint density at radius 3 is 2.44 bits per heavy atom. The highest BCUT2D eigenvalue weighted by Crippen LogP contribution is 2.13. The Bertz CT molecular complexity index is 348. The molecule has 0 aromatic heterocycles. The van der Waals surface area contributed by atoms with Crippen molar-refractivity contribution in [1.82, 2.24) is 5.32 Å². The van der Waals surface area contributed by atoms with Crippen molar-refractivity contribution in [2.45, 2.75) is 12.6 Å². The van der Waals surface area contributed by atoms with Crippen molar-refractivity contribution in [1.29, 1.82) is 0 Å². The van der Waals surface area contributed by atoms with Crippen molar-refractivity contribution < 1.29 is 22.0 Å². The monoisotopic (exact) mass is 239 g/mol. The number of benzene rings is 1. The van der Waals surface area contributed by atoms with Gasteiger partial charge in [0.25, 0.3) is 0 Å². The largest absolute Gasteiger partial charge is 0.401 e. The number of hydrogen-bond donors (Lipinski definition) is 1. The van der Waals surface area contributed by atoms with E-state index in [0.29, 0.717) is 0 Å². The van der Waals surface area contributed by atoms with E-state index in [1.807, 2.05) is 0 Å². The summed E-state index contributed by atoms with van der Waals surface area (Å²) in [6.45, 7) is -1.19. The van der Waals surface area contributed by atoms with Crippen molar-refractivity contribution in [2.75, 3.05) is 13.1 Å². The molecule has 0 saturated heterocycles. The van der Waals surface area contributed by atoms with Gasteiger partial charge in [-0.2, -0.15) is 13.2 Å². The highest BCUT2D eigenvalue weighted by atomic mass is 19.4. The van der Waals surface area contributed by atoms with Crippen LogP contribution in [0.25, 0.3) is 0 Å². The van der Waals surface area contributed by atoms with Crippen LogP contribution < -0.4 is 5.32 Å². The van der Waals surface area contributed by atoms with E-state index in [0.717, 1.165) is 18.2 Å². The molecule has 16 heavy (non-hydrogen) atoms. The fourth-order valence-corrected chi connectivity index (χ4v) is 1.19. The normalized spacial score (nSPS) is 11.8. The lowest BCUT2D eigenvalue weighted by Crippen LogP contribution is -2.30. The molecule has 0 unspecified atom stereocenters. The molecule has 0 bridgehead atoms. The summed E-state index contributed by atoms with van der Waals surface area (Å²) in [6, 6.07) is 2.89. The second-order valence-electron chi connectivity index (χ2n) is 3.28. The summed E-state index contributed by atoms with van der Waals surface area (Å²) >= 11 is 0. The third kappa shape index (κ3) is 4.57. The van der Waals surface area contributed by atoms with Gasteiger partial charge in [0.2, 0.25) is 0 Å². The lowest BCUT2D eigenvalue weighted by atomic mass is 10.1. The average Bonchev–Trinajstić information content (AvgIpc) is 2.16. The Kier molecular flexibility index (Phi) is 4.23. The van der Waals surface area contributed by atoms with Crippen LogP contribution in [0.15, 0.2) is 18.2 Å². The van der Waals surface area contributed by atoms with Crippen LogP contribution >= 0.6 is 0 Å². The van der Waals surface area contributed by atoms with E-state index < -0.39 is 24.4 Å². The van der Waals surface area contributed by atoms with E-state index in [1.54, 1.807) is 0 Å². The first-order valence-electron chi connectivity index (χ1n) is 4.60. The highest BCUT2D eigenvalue weighted by Gasteiger charge is 2.25. The van der Waals surface area contributed by atoms with Gasteiger partial charge in [0, 0.05) is 0 Å². The van der Waals surface area contributed by atoms with Crippen LogP contribution in [0.3, 0.4) is 0 Å². The van der Waals surface area contributed by atoms with Gasteiger partial charge >= 0.3 is 6.18 Å². The van der Waals surface area contributed by atoms with E-state index in [9.17, 15) is 22.0 Å². The Hall–Kier alpha value is -1.17. The van der Waals surface area contributed by atoms with Crippen LogP contribution in [0.5, 0.6) is 0 Å². The smallest absolute Gasteiger partial charge is 0.308 e. The molecule has 1 aromatic rings. The van der Waals surface area contributed by atoms with Crippen LogP contribution in [0.4, 0.5) is 22.0 Å². The number of nitrogens with one attached hydrogen (secondary N) is 1. The molecule has 1 nitrogen and oxygen atoms in total. The summed E-state index contributed by atoms with van der Waals surface area (Å²) in [6.07, 6.45) is -4.28. The van der Waals surface area contributed by atoms with Crippen molar-refractivity contribution in [2.24, 2.45) is 0 Å². The maximum atomic E-state index is 13.0. The Morgan fingerprint density at radius 2 is 1.81 bits per heavy atom. The van der Waals surface area contributed by atoms with Gasteiger partial charge in [-0.3, -0.25) is 0 Å². The predicted octanol–water partition coefficient (Wildman–Crippen LogP) is 2.66. The van der Waals surface area contributed by atoms with Crippen molar-refractivity contribution >= 4 is 0 Å². The standard InChI is InChI=1S/C10H10F5N/c11-8-1-2-9(12)7(5-8)3-4-16-6-10(13,14)15/h1-2,5,16H,3-4,6H2. The SMILES string of the molecule is Fc1ccc(F)c(CCNCC(F)(F)F)c1. The summed E-state index contributed by atoms with van der Waals surface area (Å²) in [5, 5.41) is 2.11. The molecule has 0 spiro atoms. The first-order valence-corrected chi connectivity index (χ1v) is 4.60. The van der Waals surface area contributed by atoms with Gasteiger partial charge in [0.1, 0.15) is 11.6 Å². The summed E-state index contributed by atoms with van der Waals surface area (Å²) in [7, 11) is 0. The topological polar surface area (TPSA) is 12.0 Å². The number of hydrogen-bond acceptors (Lipinski definition) is 1. The molecule has 0 amide bonds. The molecule has 6 heteroatoms. The lowest BCUT2D eigenvalue weighted by Gasteiger charge is -2.08. The molecular weight excluding hydrogens is 229 g/mol. The number of rotatable bonds is 4. The van der Waals surface area contributed by atoms with Crippen LogP contribution in [0, 0.1) is 11.6 Å². The second kappa shape index (κ2) is 5.25. The minimum atomic E-state index is -4.29. The van der Waals surface area contributed by atoms with Gasteiger partial charge in [-0.25, -0.2) is 8.78 Å². The summed E-state index contributed by atoms with van der Waals surface area (Å²) in [5.74, 6) is -1.22. The molecule has 0 fully saturated rings. The van der Waals surface area contributed by atoms with E-state index >= 15 is 0 Å². The Labute approximate surface area is 89.3 Å². The van der Waals surface area contributed by atoms with Crippen molar-refractivity contribution in [3.05, 3.63) is 35.4 Å². The molecule has 90 valence electrons. The molecule has 1 N–H and O–H groups in total. The molecule has 1 aromatic carbocycles. The zero-order valence-corrected chi connectivity index (χ0v) is 8.24. The highest BCUT2D eigenvalue weighted by molar-refractivity contribution is 5.18. The number of halogens is 5. The molecule has 0 aliphatic heterocycles. The minimum Gasteiger partial charge on any atom is -0.308 e. The van der Waals surface area contributed by atoms with Crippen LogP contribution in [0.2, 0.25) is 0 Å². The zero-order chi connectivity index (χ0) is 12.2. The third-order valence-electron chi connectivity index (χ3n) is 1.90. The van der Waals surface area contributed by atoms with Crippen LogP contribution in [0.1, 0.15) is 5.56 Å². The molecule has 0 radical (unpaired) electrons. The predicted molar refractivity (Wildman–Crippen MR) is 49.0 cm³/mol. The van der Waals surface area contributed by atoms with Gasteiger partial charge < -0.3 is 5.32 Å². The lowest BCUT2D eigenvalue weighted by molar-refractivity contribution is -0.124. The van der Waals surface area contributed by atoms with Gasteiger partial charge in [-0.1, -0.05) is 0 Å². The van der Waals surface area contributed by atoms with Crippen LogP contribution in [-0.4, -0.2) is 19.3 Å². The van der Waals surface area contributed by atoms with Gasteiger partial charge in [-0.15, -0.1) is 0 Å². The first-order chi connectivity index (χ1) is 7.38. The fraction of sp³-hybridized carbons (Fsp3) is 0.400. The quantitative estimate of drug-likeness (QED) is 0.629. The van der Waals surface area contributed by atoms with Gasteiger partial charge in [-0.05, 0) is 36.7 Å². The Morgan fingerprint density at radius 1 is 1.12 bits per heavy atom. The third-order valence-corrected chi connectivity index (χ3v) is 1.90. The maximum absolute atomic E-state index is 13.0. The zero-order valence-electron chi connectivity index (χ0n) is 8.24. The molecule has 1 rings (SSSR count). The average molecular weight is 239 g/mol. The molecular formula is C10H10F5N. The first kappa shape index (κ1) is 12.9. The number of alkyl halides is 3. The van der Waals surface area contributed by atoms with Crippen LogP contribution in [-0.2, 0) is 6.42 Å². The van der Waals surface area contributed by atoms with E-state index in [-0.39, 0.29) is 18.5 Å². The van der Waals surface area contributed by atoms with Crippen molar-refractivity contribution in [3.8, 4) is 0 Å². The molecule has 0 atom stereocenters. The summed E-state index contributed by atoms with van der Waals surface area (Å²) in [5.41, 5.74) is 0.0645. The van der Waals surface area contributed by atoms with E-state index in [1.165, 1.54) is 0 Å². The molecule has 0 aliphatic rings. The van der Waals surface area contributed by atoms with Gasteiger partial charge in [0.15, 0.2) is 0 Å². The molecule has 0 saturated carbocycles. The van der Waals surface area contributed by atoms with Crippen molar-refractivity contribution in [3.63, 3.8) is 0 Å². The summed E-state index contributed by atoms with van der Waals surface area (Å²) < 4.78 is 60.9. The van der Waals surface area contributed by atoms with E-state index in [4.69, 9.17) is 0 Å². The molecule has 0 heterocycles. The molecule has 0 aliphatic carbocycles. The summed E-state index contributed by atoms with van der Waals surface area (Å²) in [4.78, 5) is 0. The fourth-order valence-electron chi connectivity index (χ4n) is 1.19. The minimum absolute atomic E-state index is 0.0136. The maximum Gasteiger partial charge on any atom is 0.401 e.